The highest BCUT2D eigenvalue weighted by atomic mass is 16.5. The maximum atomic E-state index is 12.0. The van der Waals surface area contributed by atoms with Crippen molar-refractivity contribution in [2.75, 3.05) is 13.7 Å². The number of carboxylic acids is 1. The zero-order valence-electron chi connectivity index (χ0n) is 12.3. The molecule has 2 N–H and O–H groups in total. The normalized spacial score (nSPS) is 13.6. The van der Waals surface area contributed by atoms with Gasteiger partial charge in [-0.05, 0) is 31.9 Å². The molecule has 5 nitrogen and oxygen atoms in total. The zero-order chi connectivity index (χ0) is 15.3. The van der Waals surface area contributed by atoms with Crippen molar-refractivity contribution in [3.05, 3.63) is 34.9 Å². The van der Waals surface area contributed by atoms with Gasteiger partial charge in [-0.15, -0.1) is 0 Å². The van der Waals surface area contributed by atoms with Gasteiger partial charge in [0.25, 0.3) is 0 Å². The summed E-state index contributed by atoms with van der Waals surface area (Å²) in [6, 6.07) is 5.86. The third-order valence-corrected chi connectivity index (χ3v) is 3.18. The highest BCUT2D eigenvalue weighted by Gasteiger charge is 2.34. The van der Waals surface area contributed by atoms with Crippen molar-refractivity contribution in [1.29, 1.82) is 0 Å². The van der Waals surface area contributed by atoms with E-state index < -0.39 is 11.5 Å². The summed E-state index contributed by atoms with van der Waals surface area (Å²) < 4.78 is 4.87. The maximum absolute atomic E-state index is 12.0. The molecule has 0 spiro atoms. The van der Waals surface area contributed by atoms with Gasteiger partial charge in [0.1, 0.15) is 0 Å². The SMILES string of the molecule is COCC(C)(NC(=O)Cc1cc(C)ccc1C)C(=O)O. The molecule has 1 amide bonds. The van der Waals surface area contributed by atoms with Crippen LogP contribution < -0.4 is 5.32 Å². The van der Waals surface area contributed by atoms with E-state index in [1.807, 2.05) is 32.0 Å². The third-order valence-electron chi connectivity index (χ3n) is 3.18. The third kappa shape index (κ3) is 4.06. The maximum Gasteiger partial charge on any atom is 0.331 e. The fourth-order valence-corrected chi connectivity index (χ4v) is 1.96. The lowest BCUT2D eigenvalue weighted by Crippen LogP contribution is -2.55. The second kappa shape index (κ2) is 6.52. The van der Waals surface area contributed by atoms with Crippen LogP contribution in [0.25, 0.3) is 0 Å². The zero-order valence-corrected chi connectivity index (χ0v) is 12.3. The Balaban J connectivity index is 2.81. The number of carbonyl (C=O) groups excluding carboxylic acids is 1. The number of ether oxygens (including phenoxy) is 1. The highest BCUT2D eigenvalue weighted by molar-refractivity contribution is 5.87. The Kier molecular flexibility index (Phi) is 5.27. The van der Waals surface area contributed by atoms with Crippen molar-refractivity contribution in [3.63, 3.8) is 0 Å². The molecule has 0 radical (unpaired) electrons. The van der Waals surface area contributed by atoms with E-state index in [-0.39, 0.29) is 18.9 Å². The topological polar surface area (TPSA) is 75.6 Å². The molecule has 1 aromatic carbocycles. The molecule has 0 aromatic heterocycles. The van der Waals surface area contributed by atoms with Gasteiger partial charge in [-0.3, -0.25) is 4.79 Å². The van der Waals surface area contributed by atoms with Gasteiger partial charge in [0.05, 0.1) is 13.0 Å². The van der Waals surface area contributed by atoms with Crippen LogP contribution in [0.15, 0.2) is 18.2 Å². The van der Waals surface area contributed by atoms with Crippen LogP contribution in [0.3, 0.4) is 0 Å². The van der Waals surface area contributed by atoms with Gasteiger partial charge in [-0.25, -0.2) is 4.79 Å². The summed E-state index contributed by atoms with van der Waals surface area (Å²) >= 11 is 0. The number of amides is 1. The average molecular weight is 279 g/mol. The summed E-state index contributed by atoms with van der Waals surface area (Å²) in [4.78, 5) is 23.3. The number of carbonyl (C=O) groups is 2. The van der Waals surface area contributed by atoms with Crippen LogP contribution in [0.1, 0.15) is 23.6 Å². The van der Waals surface area contributed by atoms with Crippen LogP contribution in [0.2, 0.25) is 0 Å². The number of nitrogens with one attached hydrogen (secondary N) is 1. The summed E-state index contributed by atoms with van der Waals surface area (Å²) in [5, 5.41) is 11.7. The smallest absolute Gasteiger partial charge is 0.331 e. The Labute approximate surface area is 118 Å². The number of hydrogen-bond donors (Lipinski definition) is 2. The largest absolute Gasteiger partial charge is 0.479 e. The standard InChI is InChI=1S/C15H21NO4/c1-10-5-6-11(2)12(7-10)8-13(17)16-15(3,9-20-4)14(18)19/h5-7H,8-9H2,1-4H3,(H,16,17)(H,18,19). The van der Waals surface area contributed by atoms with Crippen LogP contribution in [0, 0.1) is 13.8 Å². The molecule has 0 saturated carbocycles. The molecular weight excluding hydrogens is 258 g/mol. The fraction of sp³-hybridized carbons (Fsp3) is 0.467. The van der Waals surface area contributed by atoms with Crippen LogP contribution in [0.4, 0.5) is 0 Å². The minimum Gasteiger partial charge on any atom is -0.479 e. The summed E-state index contributed by atoms with van der Waals surface area (Å²) in [5.41, 5.74) is 1.56. The quantitative estimate of drug-likeness (QED) is 0.826. The van der Waals surface area contributed by atoms with Crippen molar-refractivity contribution in [3.8, 4) is 0 Å². The van der Waals surface area contributed by atoms with E-state index in [1.54, 1.807) is 0 Å². The van der Waals surface area contributed by atoms with Crippen molar-refractivity contribution in [2.45, 2.75) is 32.7 Å². The minimum atomic E-state index is -1.41. The summed E-state index contributed by atoms with van der Waals surface area (Å²) in [5.74, 6) is -1.45. The first-order valence-electron chi connectivity index (χ1n) is 6.38. The van der Waals surface area contributed by atoms with Crippen molar-refractivity contribution >= 4 is 11.9 Å². The summed E-state index contributed by atoms with van der Waals surface area (Å²) in [6.45, 7) is 5.22. The number of carboxylic acid groups (broad SMARTS) is 1. The molecule has 1 rings (SSSR count). The summed E-state index contributed by atoms with van der Waals surface area (Å²) in [7, 11) is 1.40. The molecule has 1 aromatic rings. The lowest BCUT2D eigenvalue weighted by molar-refractivity contribution is -0.149. The van der Waals surface area contributed by atoms with Gasteiger partial charge in [-0.2, -0.15) is 0 Å². The van der Waals surface area contributed by atoms with E-state index in [0.717, 1.165) is 16.7 Å². The van der Waals surface area contributed by atoms with Gasteiger partial charge < -0.3 is 15.2 Å². The van der Waals surface area contributed by atoms with Crippen LogP contribution in [-0.2, 0) is 20.7 Å². The first-order valence-corrected chi connectivity index (χ1v) is 6.38. The van der Waals surface area contributed by atoms with Gasteiger partial charge in [0.2, 0.25) is 5.91 Å². The Morgan fingerprint density at radius 3 is 2.55 bits per heavy atom. The first-order chi connectivity index (χ1) is 9.28. The Hall–Kier alpha value is -1.88. The minimum absolute atomic E-state index is 0.0825. The number of benzene rings is 1. The Bertz CT molecular complexity index is 513. The monoisotopic (exact) mass is 279 g/mol. The molecule has 0 aliphatic rings. The van der Waals surface area contributed by atoms with E-state index in [9.17, 15) is 14.7 Å². The molecule has 0 saturated heterocycles. The second-order valence-corrected chi connectivity index (χ2v) is 5.23. The molecule has 0 aliphatic carbocycles. The molecule has 1 atom stereocenters. The lowest BCUT2D eigenvalue weighted by atomic mass is 10.0. The molecule has 0 bridgehead atoms. The van der Waals surface area contributed by atoms with Crippen LogP contribution >= 0.6 is 0 Å². The van der Waals surface area contributed by atoms with Gasteiger partial charge in [0, 0.05) is 7.11 Å². The molecule has 0 aliphatic heterocycles. The van der Waals surface area contributed by atoms with Crippen LogP contribution in [-0.4, -0.2) is 36.2 Å². The fourth-order valence-electron chi connectivity index (χ4n) is 1.96. The first kappa shape index (κ1) is 16.2. The van der Waals surface area contributed by atoms with E-state index in [4.69, 9.17) is 4.74 Å². The number of aryl methyl sites for hydroxylation is 2. The van der Waals surface area contributed by atoms with E-state index in [2.05, 4.69) is 5.32 Å². The number of methoxy groups -OCH3 is 1. The average Bonchev–Trinajstić information content (AvgIpc) is 2.33. The molecule has 0 fully saturated rings. The molecule has 1 unspecified atom stereocenters. The van der Waals surface area contributed by atoms with Crippen molar-refractivity contribution in [2.24, 2.45) is 0 Å². The molecule has 20 heavy (non-hydrogen) atoms. The Morgan fingerprint density at radius 2 is 2.00 bits per heavy atom. The second-order valence-electron chi connectivity index (χ2n) is 5.23. The van der Waals surface area contributed by atoms with E-state index in [0.29, 0.717) is 0 Å². The molecule has 0 heterocycles. The molecule has 110 valence electrons. The molecular formula is C15H21NO4. The Morgan fingerprint density at radius 1 is 1.35 bits per heavy atom. The van der Waals surface area contributed by atoms with Gasteiger partial charge in [-0.1, -0.05) is 23.8 Å². The van der Waals surface area contributed by atoms with Gasteiger partial charge in [0.15, 0.2) is 5.54 Å². The lowest BCUT2D eigenvalue weighted by Gasteiger charge is -2.25. The van der Waals surface area contributed by atoms with Gasteiger partial charge >= 0.3 is 5.97 Å². The van der Waals surface area contributed by atoms with Crippen LogP contribution in [0.5, 0.6) is 0 Å². The predicted molar refractivity (Wildman–Crippen MR) is 75.7 cm³/mol. The number of hydrogen-bond acceptors (Lipinski definition) is 3. The number of rotatable bonds is 6. The van der Waals surface area contributed by atoms with E-state index in [1.165, 1.54) is 14.0 Å². The van der Waals surface area contributed by atoms with E-state index >= 15 is 0 Å². The molecule has 5 heteroatoms. The van der Waals surface area contributed by atoms with Crippen molar-refractivity contribution in [1.82, 2.24) is 5.32 Å². The van der Waals surface area contributed by atoms with Crippen molar-refractivity contribution < 1.29 is 19.4 Å². The summed E-state index contributed by atoms with van der Waals surface area (Å²) in [6.07, 6.45) is 0.153. The predicted octanol–water partition coefficient (Wildman–Crippen LogP) is 1.45. The number of aliphatic carboxylic acids is 1. The highest BCUT2D eigenvalue weighted by Crippen LogP contribution is 2.12.